The number of esters is 8. The van der Waals surface area contributed by atoms with Crippen LogP contribution in [0.1, 0.15) is 353 Å². The van der Waals surface area contributed by atoms with Gasteiger partial charge in [-0.05, 0) is 180 Å². The summed E-state index contributed by atoms with van der Waals surface area (Å²) in [5.74, 6) is -4.12. The van der Waals surface area contributed by atoms with Gasteiger partial charge in [0.05, 0.1) is 98.7 Å². The standard InChI is InChI=1S/4C10H19NO3.4C9H17NO3.C9H19NO2.C8H17NO2/c1-5-10(2,3)9(13)14-7-6-8(12)11-4;1-5-10(2,3)14-9(13)7-6-8(12)11-4;1-4-10(2,3)9(13)14-7-5-6-8(11)12;1-4-10(2,3)14-9(13)7-5-6-8(11)12;1-4-7(2)9(12)13-6-5-8(11)10-3;1-4-7(2)13-9(12)6-5-8(11)10-3;1-3-7(2)9(12)13-6-4-5-8(10)11;1-3-7(2)13-9(12)6-4-5-8(10)11;1-5-9(2,3)12-7-6-8(11)10-4;1-4-7(2)11-6-5-8(10)9-3/h2*5-7H2,1-4H3,(H,11,12);2*4-7H2,1-3H3,(H2,11,12);2*7H,4-6H2,1-3H3,(H,10,11);2*7H,3-6H2,1-2H3,(H2,10,11);5-7H2,1-4H3,(H,10,11);7H,4-6H2,1-3H3,(H,9,10). The number of nitrogens with one attached hydrogen (secondary N) is 6. The number of hydrogen-bond acceptors (Lipinski definition) is 28. The fourth-order valence-electron chi connectivity index (χ4n) is 7.19. The van der Waals surface area contributed by atoms with Crippen LogP contribution in [0.25, 0.3) is 0 Å². The van der Waals surface area contributed by atoms with Crippen molar-refractivity contribution < 1.29 is 134 Å². The quantitative estimate of drug-likeness (QED) is 0.0154. The van der Waals surface area contributed by atoms with Gasteiger partial charge in [-0.1, -0.05) is 83.1 Å². The van der Waals surface area contributed by atoms with Crippen LogP contribution in [0.5, 0.6) is 0 Å². The van der Waals surface area contributed by atoms with E-state index in [9.17, 15) is 86.3 Å². The molecular formula is C93H180N10O28. The summed E-state index contributed by atoms with van der Waals surface area (Å²) >= 11 is 0. The lowest BCUT2D eigenvalue weighted by Crippen LogP contribution is -2.28. The highest BCUT2D eigenvalue weighted by Crippen LogP contribution is 2.23. The van der Waals surface area contributed by atoms with Crippen molar-refractivity contribution in [1.29, 1.82) is 0 Å². The van der Waals surface area contributed by atoms with Crippen molar-refractivity contribution in [2.75, 3.05) is 81.9 Å². The molecule has 14 N–H and O–H groups in total. The van der Waals surface area contributed by atoms with Crippen molar-refractivity contribution in [3.8, 4) is 0 Å². The lowest BCUT2D eigenvalue weighted by atomic mass is 9.91. The van der Waals surface area contributed by atoms with E-state index in [1.54, 1.807) is 42.3 Å². The summed E-state index contributed by atoms with van der Waals surface area (Å²) in [6.45, 7) is 49.6. The first kappa shape index (κ1) is 142. The van der Waals surface area contributed by atoms with E-state index in [1.165, 1.54) is 0 Å². The monoisotopic (exact) mass is 1890 g/mol. The third-order valence-corrected chi connectivity index (χ3v) is 19.3. The fourth-order valence-corrected chi connectivity index (χ4v) is 7.19. The molecule has 0 heterocycles. The topological polar surface area (TPSA) is 576 Å². The number of amides is 10. The highest BCUT2D eigenvalue weighted by Gasteiger charge is 2.29. The molecule has 0 bridgehead atoms. The molecular weight excluding hydrogens is 1710 g/mol. The van der Waals surface area contributed by atoms with Crippen molar-refractivity contribution in [3.63, 3.8) is 0 Å². The average molecular weight is 1890 g/mol. The summed E-state index contributed by atoms with van der Waals surface area (Å²) in [7, 11) is 9.46. The summed E-state index contributed by atoms with van der Waals surface area (Å²) in [5, 5.41) is 14.9. The smallest absolute Gasteiger partial charge is 0.311 e. The van der Waals surface area contributed by atoms with E-state index in [-0.39, 0.29) is 246 Å². The summed E-state index contributed by atoms with van der Waals surface area (Å²) in [6, 6.07) is 0. The third-order valence-electron chi connectivity index (χ3n) is 19.3. The van der Waals surface area contributed by atoms with Gasteiger partial charge < -0.3 is 102 Å². The Morgan fingerprint density at radius 2 is 0.527 bits per heavy atom. The molecule has 0 aromatic heterocycles. The zero-order valence-corrected chi connectivity index (χ0v) is 86.2. The molecule has 0 saturated carbocycles. The van der Waals surface area contributed by atoms with Crippen molar-refractivity contribution in [2.24, 2.45) is 45.6 Å². The van der Waals surface area contributed by atoms with Gasteiger partial charge in [0.15, 0.2) is 0 Å². The van der Waals surface area contributed by atoms with E-state index in [0.29, 0.717) is 51.7 Å². The molecule has 10 amide bonds. The molecule has 0 spiro atoms. The zero-order valence-electron chi connectivity index (χ0n) is 86.2. The Balaban J connectivity index is -0.000000155. The van der Waals surface area contributed by atoms with Crippen molar-refractivity contribution >= 4 is 107 Å². The molecule has 5 atom stereocenters. The molecule has 5 unspecified atom stereocenters. The summed E-state index contributed by atoms with van der Waals surface area (Å²) in [6.07, 6.45) is 13.8. The summed E-state index contributed by atoms with van der Waals surface area (Å²) < 4.78 is 50.8. The van der Waals surface area contributed by atoms with Gasteiger partial charge in [0.25, 0.3) is 0 Å². The lowest BCUT2D eigenvalue weighted by molar-refractivity contribution is -0.158. The van der Waals surface area contributed by atoms with Gasteiger partial charge in [-0.25, -0.2) is 0 Å². The van der Waals surface area contributed by atoms with E-state index in [0.717, 1.165) is 64.2 Å². The minimum atomic E-state index is -0.456. The number of rotatable bonds is 54. The molecule has 38 nitrogen and oxygen atoms in total. The Hall–Kier alpha value is -9.62. The van der Waals surface area contributed by atoms with Crippen LogP contribution in [-0.4, -0.2) is 224 Å². The van der Waals surface area contributed by atoms with Crippen LogP contribution in [0.2, 0.25) is 0 Å². The average Bonchev–Trinajstić information content (AvgIpc) is 0.897. The Bertz CT molecular complexity index is 3170. The van der Waals surface area contributed by atoms with Crippen LogP contribution in [0.15, 0.2) is 0 Å². The van der Waals surface area contributed by atoms with Gasteiger partial charge in [-0.2, -0.15) is 0 Å². The lowest BCUT2D eigenvalue weighted by Gasteiger charge is -2.23. The van der Waals surface area contributed by atoms with Crippen LogP contribution >= 0.6 is 0 Å². The van der Waals surface area contributed by atoms with Gasteiger partial charge in [-0.3, -0.25) is 86.3 Å². The van der Waals surface area contributed by atoms with Crippen LogP contribution in [0.4, 0.5) is 0 Å². The molecule has 0 aliphatic heterocycles. The van der Waals surface area contributed by atoms with E-state index >= 15 is 0 Å². The molecule has 0 aliphatic carbocycles. The molecule has 0 aliphatic rings. The van der Waals surface area contributed by atoms with Gasteiger partial charge in [0.2, 0.25) is 59.1 Å². The molecule has 38 heteroatoms. The number of carbonyl (C=O) groups excluding carboxylic acids is 18. The molecule has 770 valence electrons. The molecule has 131 heavy (non-hydrogen) atoms. The second kappa shape index (κ2) is 88.3. The predicted octanol–water partition coefficient (Wildman–Crippen LogP) is 10.6. The SMILES string of the molecule is CCC(C)(C)C(=O)OCCC(=O)NC.CCC(C)(C)C(=O)OCCCC(N)=O.CCC(C)(C)OC(=O)CCC(=O)NC.CCC(C)(C)OC(=O)CCCC(N)=O.CCC(C)(C)OCCC(=O)NC.CCC(C)C(=O)OCCC(=O)NC.CCC(C)C(=O)OCCCC(N)=O.CCC(C)OC(=O)CCC(=O)NC.CCC(C)OC(=O)CCCC(N)=O.CCC(C)OCCC(=O)NC. The van der Waals surface area contributed by atoms with Gasteiger partial charge >= 0.3 is 47.8 Å². The molecule has 0 aromatic carbocycles. The molecule has 0 aromatic rings. The Morgan fingerprint density at radius 1 is 0.267 bits per heavy atom. The predicted molar refractivity (Wildman–Crippen MR) is 504 cm³/mol. The third kappa shape index (κ3) is 106. The largest absolute Gasteiger partial charge is 0.465 e. The van der Waals surface area contributed by atoms with Crippen LogP contribution in [-0.2, 0) is 134 Å². The highest BCUT2D eigenvalue weighted by molar-refractivity contribution is 5.83. The van der Waals surface area contributed by atoms with E-state index in [1.807, 2.05) is 159 Å². The van der Waals surface area contributed by atoms with Gasteiger partial charge in [0.1, 0.15) is 24.4 Å². The second-order valence-corrected chi connectivity index (χ2v) is 33.2. The maximum absolute atomic E-state index is 11.4. The van der Waals surface area contributed by atoms with E-state index < -0.39 is 22.0 Å². The first-order valence-corrected chi connectivity index (χ1v) is 45.8. The maximum Gasteiger partial charge on any atom is 0.311 e. The zero-order chi connectivity index (χ0) is 104. The Morgan fingerprint density at radius 3 is 0.832 bits per heavy atom. The first-order valence-electron chi connectivity index (χ1n) is 45.8. The van der Waals surface area contributed by atoms with Crippen molar-refractivity contribution in [2.45, 2.75) is 388 Å². The first-order chi connectivity index (χ1) is 60.7. The minimum Gasteiger partial charge on any atom is -0.465 e. The maximum atomic E-state index is 11.4. The van der Waals surface area contributed by atoms with Crippen LogP contribution < -0.4 is 54.8 Å². The number of hydrogen-bond donors (Lipinski definition) is 10. The summed E-state index contributed by atoms with van der Waals surface area (Å²) in [4.78, 5) is 196. The normalized spacial score (nSPS) is 11.6. The highest BCUT2D eigenvalue weighted by atomic mass is 16.6. The number of carbonyl (C=O) groups is 18. The Kier molecular flexibility index (Phi) is 95.6. The van der Waals surface area contributed by atoms with Crippen molar-refractivity contribution in [3.05, 3.63) is 0 Å². The van der Waals surface area contributed by atoms with Crippen LogP contribution in [0.3, 0.4) is 0 Å². The molecule has 0 fully saturated rings. The van der Waals surface area contributed by atoms with E-state index in [4.69, 9.17) is 70.3 Å². The van der Waals surface area contributed by atoms with Crippen molar-refractivity contribution in [1.82, 2.24) is 31.9 Å². The number of ether oxygens (including phenoxy) is 10. The molecule has 0 saturated heterocycles. The van der Waals surface area contributed by atoms with Gasteiger partial charge in [-0.15, -0.1) is 0 Å². The van der Waals surface area contributed by atoms with E-state index in [2.05, 4.69) is 45.7 Å². The van der Waals surface area contributed by atoms with Crippen LogP contribution in [0, 0.1) is 22.7 Å². The summed E-state index contributed by atoms with van der Waals surface area (Å²) in [5.41, 5.74) is 17.9. The Labute approximate surface area is 784 Å². The fraction of sp³-hybridized carbons (Fsp3) is 0.806. The van der Waals surface area contributed by atoms with Gasteiger partial charge in [0, 0.05) is 106 Å². The number of primary amides is 4. The molecule has 0 radical (unpaired) electrons. The molecule has 0 rings (SSSR count). The number of nitrogens with two attached hydrogens (primary N) is 4. The second-order valence-electron chi connectivity index (χ2n) is 33.2. The minimum absolute atomic E-state index is 0.0295.